The molecule has 0 aliphatic rings. The Hall–Kier alpha value is -1.78. The van der Waals surface area contributed by atoms with E-state index in [2.05, 4.69) is 5.32 Å². The Bertz CT molecular complexity index is 371. The minimum atomic E-state index is -0.194. The van der Waals surface area contributed by atoms with Gasteiger partial charge >= 0.3 is 0 Å². The molecule has 0 saturated carbocycles. The third-order valence-corrected chi connectivity index (χ3v) is 2.22. The Labute approximate surface area is 101 Å². The van der Waals surface area contributed by atoms with Crippen molar-refractivity contribution in [2.24, 2.45) is 0 Å². The lowest BCUT2D eigenvalue weighted by atomic mass is 10.3. The molecule has 0 aliphatic carbocycles. The maximum Gasteiger partial charge on any atom is 0.257 e. The molecule has 2 amide bonds. The zero-order chi connectivity index (χ0) is 12.8. The molecule has 1 aromatic heterocycles. The van der Waals surface area contributed by atoms with Crippen LogP contribution in [0.15, 0.2) is 23.0 Å². The van der Waals surface area contributed by atoms with E-state index in [4.69, 9.17) is 4.42 Å². The molecule has 0 atom stereocenters. The Morgan fingerprint density at radius 3 is 2.65 bits per heavy atom. The van der Waals surface area contributed by atoms with Crippen molar-refractivity contribution in [2.75, 3.05) is 13.1 Å². The highest BCUT2D eigenvalue weighted by Crippen LogP contribution is 2.05. The van der Waals surface area contributed by atoms with E-state index in [0.29, 0.717) is 12.1 Å². The highest BCUT2D eigenvalue weighted by Gasteiger charge is 2.18. The van der Waals surface area contributed by atoms with Crippen LogP contribution in [0.3, 0.4) is 0 Å². The summed E-state index contributed by atoms with van der Waals surface area (Å²) in [7, 11) is 0. The number of amides is 2. The van der Waals surface area contributed by atoms with Crippen molar-refractivity contribution in [3.05, 3.63) is 24.2 Å². The molecule has 5 nitrogen and oxygen atoms in total. The van der Waals surface area contributed by atoms with Gasteiger partial charge in [-0.15, -0.1) is 0 Å². The van der Waals surface area contributed by atoms with E-state index >= 15 is 0 Å². The van der Waals surface area contributed by atoms with E-state index < -0.39 is 0 Å². The predicted molar refractivity (Wildman–Crippen MR) is 63.6 cm³/mol. The molecule has 0 aromatic carbocycles. The van der Waals surface area contributed by atoms with E-state index in [1.54, 1.807) is 6.07 Å². The summed E-state index contributed by atoms with van der Waals surface area (Å²) in [6.07, 6.45) is 2.82. The Kier molecular flexibility index (Phi) is 4.75. The molecule has 0 unspecified atom stereocenters. The SMILES string of the molecule is CCN(CC(=O)NC(C)C)C(=O)c1ccoc1. The lowest BCUT2D eigenvalue weighted by Crippen LogP contribution is -2.42. The molecule has 0 radical (unpaired) electrons. The zero-order valence-electron chi connectivity index (χ0n) is 10.4. The van der Waals surface area contributed by atoms with Crippen LogP contribution in [0.4, 0.5) is 0 Å². The molecule has 0 fully saturated rings. The highest BCUT2D eigenvalue weighted by atomic mass is 16.3. The van der Waals surface area contributed by atoms with Gasteiger partial charge in [-0.1, -0.05) is 0 Å². The topological polar surface area (TPSA) is 62.6 Å². The molecule has 0 bridgehead atoms. The van der Waals surface area contributed by atoms with Gasteiger partial charge in [0.25, 0.3) is 5.91 Å². The quantitative estimate of drug-likeness (QED) is 0.840. The number of furan rings is 1. The van der Waals surface area contributed by atoms with Gasteiger partial charge in [0.2, 0.25) is 5.91 Å². The number of likely N-dealkylation sites (N-methyl/N-ethyl adjacent to an activating group) is 1. The summed E-state index contributed by atoms with van der Waals surface area (Å²) in [5, 5.41) is 2.75. The second-order valence-corrected chi connectivity index (χ2v) is 4.05. The number of nitrogens with one attached hydrogen (secondary N) is 1. The molecule has 1 N–H and O–H groups in total. The van der Waals surface area contributed by atoms with Gasteiger partial charge in [0, 0.05) is 12.6 Å². The molecule has 0 spiro atoms. The van der Waals surface area contributed by atoms with Crippen LogP contribution in [0.5, 0.6) is 0 Å². The first-order valence-electron chi connectivity index (χ1n) is 5.65. The fourth-order valence-electron chi connectivity index (χ4n) is 1.44. The zero-order valence-corrected chi connectivity index (χ0v) is 10.4. The van der Waals surface area contributed by atoms with Crippen molar-refractivity contribution in [1.82, 2.24) is 10.2 Å². The van der Waals surface area contributed by atoms with Crippen molar-refractivity contribution in [2.45, 2.75) is 26.8 Å². The second kappa shape index (κ2) is 6.08. The van der Waals surface area contributed by atoms with Gasteiger partial charge in [-0.2, -0.15) is 0 Å². The number of nitrogens with zero attached hydrogens (tertiary/aromatic N) is 1. The first-order valence-corrected chi connectivity index (χ1v) is 5.65. The third kappa shape index (κ3) is 3.94. The fourth-order valence-corrected chi connectivity index (χ4v) is 1.44. The van der Waals surface area contributed by atoms with Crippen LogP contribution in [0.2, 0.25) is 0 Å². The molecule has 94 valence electrons. The van der Waals surface area contributed by atoms with E-state index in [9.17, 15) is 9.59 Å². The number of rotatable bonds is 5. The van der Waals surface area contributed by atoms with Gasteiger partial charge in [0.15, 0.2) is 0 Å². The lowest BCUT2D eigenvalue weighted by Gasteiger charge is -2.20. The molecule has 1 rings (SSSR count). The predicted octanol–water partition coefficient (Wildman–Crippen LogP) is 1.27. The van der Waals surface area contributed by atoms with Gasteiger partial charge in [-0.05, 0) is 26.8 Å². The number of hydrogen-bond acceptors (Lipinski definition) is 3. The molecular weight excluding hydrogens is 220 g/mol. The van der Waals surface area contributed by atoms with Crippen molar-refractivity contribution < 1.29 is 14.0 Å². The summed E-state index contributed by atoms with van der Waals surface area (Å²) in [6.45, 7) is 6.15. The first-order chi connectivity index (χ1) is 8.04. The Morgan fingerprint density at radius 1 is 1.47 bits per heavy atom. The molecule has 0 aliphatic heterocycles. The van der Waals surface area contributed by atoms with Gasteiger partial charge in [-0.3, -0.25) is 9.59 Å². The van der Waals surface area contributed by atoms with Crippen molar-refractivity contribution in [1.29, 1.82) is 0 Å². The third-order valence-electron chi connectivity index (χ3n) is 2.22. The Morgan fingerprint density at radius 2 is 2.18 bits per heavy atom. The first kappa shape index (κ1) is 13.3. The van der Waals surface area contributed by atoms with Crippen molar-refractivity contribution >= 4 is 11.8 Å². The van der Waals surface area contributed by atoms with Crippen LogP contribution < -0.4 is 5.32 Å². The van der Waals surface area contributed by atoms with Crippen LogP contribution in [0.25, 0.3) is 0 Å². The number of carbonyl (C=O) groups excluding carboxylic acids is 2. The monoisotopic (exact) mass is 238 g/mol. The lowest BCUT2D eigenvalue weighted by molar-refractivity contribution is -0.122. The average Bonchev–Trinajstić information content (AvgIpc) is 2.77. The van der Waals surface area contributed by atoms with Crippen molar-refractivity contribution in [3.63, 3.8) is 0 Å². The van der Waals surface area contributed by atoms with Crippen LogP contribution >= 0.6 is 0 Å². The minimum Gasteiger partial charge on any atom is -0.472 e. The summed E-state index contributed by atoms with van der Waals surface area (Å²) < 4.78 is 4.85. The standard InChI is InChI=1S/C12H18N2O3/c1-4-14(7-11(15)13-9(2)3)12(16)10-5-6-17-8-10/h5-6,8-9H,4,7H2,1-3H3,(H,13,15). The number of carbonyl (C=O) groups is 2. The highest BCUT2D eigenvalue weighted by molar-refractivity contribution is 5.96. The largest absolute Gasteiger partial charge is 0.472 e. The molecule has 0 saturated heterocycles. The smallest absolute Gasteiger partial charge is 0.257 e. The maximum atomic E-state index is 11.9. The van der Waals surface area contributed by atoms with Gasteiger partial charge in [0.1, 0.15) is 6.26 Å². The normalized spacial score (nSPS) is 10.4. The molecule has 1 heterocycles. The maximum absolute atomic E-state index is 11.9. The van der Waals surface area contributed by atoms with Gasteiger partial charge in [-0.25, -0.2) is 0 Å². The van der Waals surface area contributed by atoms with E-state index in [0.717, 1.165) is 0 Å². The summed E-state index contributed by atoms with van der Waals surface area (Å²) in [6, 6.07) is 1.66. The summed E-state index contributed by atoms with van der Waals surface area (Å²) in [4.78, 5) is 25.0. The van der Waals surface area contributed by atoms with E-state index in [1.807, 2.05) is 20.8 Å². The van der Waals surface area contributed by atoms with E-state index in [-0.39, 0.29) is 24.4 Å². The fraction of sp³-hybridized carbons (Fsp3) is 0.500. The molecule has 17 heavy (non-hydrogen) atoms. The van der Waals surface area contributed by atoms with Crippen molar-refractivity contribution in [3.8, 4) is 0 Å². The van der Waals surface area contributed by atoms with E-state index in [1.165, 1.54) is 17.4 Å². The van der Waals surface area contributed by atoms with Crippen LogP contribution in [0.1, 0.15) is 31.1 Å². The van der Waals surface area contributed by atoms with Gasteiger partial charge in [0.05, 0.1) is 18.4 Å². The van der Waals surface area contributed by atoms with Gasteiger partial charge < -0.3 is 14.6 Å². The van der Waals surface area contributed by atoms with Crippen LogP contribution in [-0.4, -0.2) is 35.8 Å². The molecular formula is C12H18N2O3. The molecule has 1 aromatic rings. The minimum absolute atomic E-state index is 0.0681. The summed E-state index contributed by atoms with van der Waals surface area (Å²) >= 11 is 0. The van der Waals surface area contributed by atoms with Crippen LogP contribution in [0, 0.1) is 0 Å². The second-order valence-electron chi connectivity index (χ2n) is 4.05. The number of hydrogen-bond donors (Lipinski definition) is 1. The Balaban J connectivity index is 2.60. The molecule has 5 heteroatoms. The van der Waals surface area contributed by atoms with Crippen LogP contribution in [-0.2, 0) is 4.79 Å². The summed E-state index contributed by atoms with van der Waals surface area (Å²) in [5.41, 5.74) is 0.462. The average molecular weight is 238 g/mol. The summed E-state index contributed by atoms with van der Waals surface area (Å²) in [5.74, 6) is -0.348.